The van der Waals surface area contributed by atoms with E-state index in [2.05, 4.69) is 5.32 Å². The smallest absolute Gasteiger partial charge is 0.254 e. The fourth-order valence-electron chi connectivity index (χ4n) is 3.50. The summed E-state index contributed by atoms with van der Waals surface area (Å²) in [6.45, 7) is 3.17. The van der Waals surface area contributed by atoms with Crippen LogP contribution in [0.4, 0.5) is 13.2 Å². The van der Waals surface area contributed by atoms with Crippen LogP contribution in [0.2, 0.25) is 0 Å². The average Bonchev–Trinajstić information content (AvgIpc) is 2.53. The number of halogens is 3. The second-order valence-electron chi connectivity index (χ2n) is 6.30. The maximum Gasteiger partial charge on any atom is 0.254 e. The summed E-state index contributed by atoms with van der Waals surface area (Å²) < 4.78 is 39.5. The number of likely N-dealkylation sites (tertiary alicyclic amines) is 1. The molecule has 1 amide bonds. The van der Waals surface area contributed by atoms with Crippen molar-refractivity contribution in [1.82, 2.24) is 10.2 Å². The van der Waals surface area contributed by atoms with Gasteiger partial charge in [0.15, 0.2) is 17.5 Å². The molecule has 0 aliphatic carbocycles. The van der Waals surface area contributed by atoms with E-state index in [4.69, 9.17) is 0 Å². The van der Waals surface area contributed by atoms with Crippen LogP contribution in [0.15, 0.2) is 12.1 Å². The van der Waals surface area contributed by atoms with Crippen molar-refractivity contribution in [3.63, 3.8) is 0 Å². The molecule has 0 radical (unpaired) electrons. The predicted octanol–water partition coefficient (Wildman–Crippen LogP) is 2.71. The van der Waals surface area contributed by atoms with Crippen molar-refractivity contribution in [1.29, 1.82) is 0 Å². The number of carbonyl (C=O) groups excluding carboxylic acids is 1. The molecule has 0 saturated carbocycles. The zero-order chi connectivity index (χ0) is 15.7. The first-order chi connectivity index (χ1) is 10.5. The molecule has 3 nitrogen and oxygen atoms in total. The summed E-state index contributed by atoms with van der Waals surface area (Å²) in [6.07, 6.45) is 4.03. The van der Waals surface area contributed by atoms with Crippen molar-refractivity contribution >= 4 is 5.91 Å². The lowest BCUT2D eigenvalue weighted by molar-refractivity contribution is 0.0494. The van der Waals surface area contributed by atoms with Crippen molar-refractivity contribution in [2.75, 3.05) is 26.2 Å². The number of hydrogen-bond acceptors (Lipinski definition) is 2. The summed E-state index contributed by atoms with van der Waals surface area (Å²) in [5.74, 6) is -4.61. The largest absolute Gasteiger partial charge is 0.339 e. The van der Waals surface area contributed by atoms with Gasteiger partial charge in [0.25, 0.3) is 5.91 Å². The van der Waals surface area contributed by atoms with Gasteiger partial charge < -0.3 is 10.2 Å². The number of carbonyl (C=O) groups is 1. The number of benzene rings is 1. The van der Waals surface area contributed by atoms with Crippen LogP contribution in [0.3, 0.4) is 0 Å². The van der Waals surface area contributed by atoms with Crippen molar-refractivity contribution in [3.8, 4) is 0 Å². The first kappa shape index (κ1) is 15.3. The SMILES string of the molecule is O=C(c1cc(F)c(F)c(F)c1)N1CCC2(CCNCC2)CC1. The van der Waals surface area contributed by atoms with Gasteiger partial charge in [-0.2, -0.15) is 0 Å². The molecular formula is C16H19F3N2O. The average molecular weight is 312 g/mol. The van der Waals surface area contributed by atoms with E-state index in [1.807, 2.05) is 0 Å². The number of nitrogens with zero attached hydrogens (tertiary/aromatic N) is 1. The molecule has 1 N–H and O–H groups in total. The Morgan fingerprint density at radius 1 is 1.00 bits per heavy atom. The van der Waals surface area contributed by atoms with Crippen LogP contribution in [-0.4, -0.2) is 37.0 Å². The lowest BCUT2D eigenvalue weighted by atomic mass is 9.71. The summed E-state index contributed by atoms with van der Waals surface area (Å²) in [5.41, 5.74) is 0.166. The first-order valence-corrected chi connectivity index (χ1v) is 7.65. The van der Waals surface area contributed by atoms with Gasteiger partial charge in [-0.15, -0.1) is 0 Å². The molecule has 2 aliphatic rings. The summed E-state index contributed by atoms with van der Waals surface area (Å²) in [6, 6.07) is 1.55. The van der Waals surface area contributed by atoms with E-state index in [0.717, 1.165) is 50.9 Å². The molecule has 6 heteroatoms. The lowest BCUT2D eigenvalue weighted by Crippen LogP contribution is -2.47. The molecule has 120 valence electrons. The standard InChI is InChI=1S/C16H19F3N2O/c17-12-9-11(10-13(18)14(12)19)15(22)21-7-3-16(4-8-21)1-5-20-6-2-16/h9-10,20H,1-8H2. The van der Waals surface area contributed by atoms with E-state index < -0.39 is 23.4 Å². The fourth-order valence-corrected chi connectivity index (χ4v) is 3.50. The van der Waals surface area contributed by atoms with E-state index in [9.17, 15) is 18.0 Å². The predicted molar refractivity (Wildman–Crippen MR) is 76.0 cm³/mol. The van der Waals surface area contributed by atoms with E-state index in [1.165, 1.54) is 0 Å². The highest BCUT2D eigenvalue weighted by molar-refractivity contribution is 5.94. The number of amides is 1. The molecule has 1 aromatic carbocycles. The van der Waals surface area contributed by atoms with Gasteiger partial charge in [0.2, 0.25) is 0 Å². The van der Waals surface area contributed by atoms with E-state index >= 15 is 0 Å². The number of piperidine rings is 2. The highest BCUT2D eigenvalue weighted by atomic mass is 19.2. The zero-order valence-electron chi connectivity index (χ0n) is 12.3. The number of nitrogens with one attached hydrogen (secondary N) is 1. The van der Waals surface area contributed by atoms with Gasteiger partial charge in [-0.25, -0.2) is 13.2 Å². The van der Waals surface area contributed by atoms with E-state index in [0.29, 0.717) is 18.5 Å². The molecule has 2 fully saturated rings. The minimum atomic E-state index is -1.54. The summed E-state index contributed by atoms with van der Waals surface area (Å²) >= 11 is 0. The zero-order valence-corrected chi connectivity index (χ0v) is 12.3. The van der Waals surface area contributed by atoms with Gasteiger partial charge in [0.05, 0.1) is 0 Å². The second kappa shape index (κ2) is 5.91. The van der Waals surface area contributed by atoms with Gasteiger partial charge in [0, 0.05) is 18.7 Å². The fraction of sp³-hybridized carbons (Fsp3) is 0.562. The van der Waals surface area contributed by atoms with Crippen molar-refractivity contribution < 1.29 is 18.0 Å². The Labute approximate surface area is 127 Å². The molecule has 2 aliphatic heterocycles. The minimum Gasteiger partial charge on any atom is -0.339 e. The Bertz CT molecular complexity index is 552. The minimum absolute atomic E-state index is 0.127. The molecule has 0 unspecified atom stereocenters. The van der Waals surface area contributed by atoms with Gasteiger partial charge in [-0.05, 0) is 56.3 Å². The second-order valence-corrected chi connectivity index (χ2v) is 6.30. The monoisotopic (exact) mass is 312 g/mol. The molecule has 1 spiro atoms. The van der Waals surface area contributed by atoms with Crippen molar-refractivity contribution in [2.45, 2.75) is 25.7 Å². The van der Waals surface area contributed by atoms with Crippen LogP contribution in [-0.2, 0) is 0 Å². The van der Waals surface area contributed by atoms with E-state index in [-0.39, 0.29) is 5.56 Å². The summed E-state index contributed by atoms with van der Waals surface area (Å²) in [7, 11) is 0. The molecule has 0 bridgehead atoms. The molecule has 0 aromatic heterocycles. The van der Waals surface area contributed by atoms with E-state index in [1.54, 1.807) is 4.90 Å². The Balaban J connectivity index is 1.69. The molecule has 1 aromatic rings. The molecule has 2 saturated heterocycles. The van der Waals surface area contributed by atoms with Crippen molar-refractivity contribution in [2.24, 2.45) is 5.41 Å². The van der Waals surface area contributed by atoms with Crippen molar-refractivity contribution in [3.05, 3.63) is 35.1 Å². The molecule has 2 heterocycles. The summed E-state index contributed by atoms with van der Waals surface area (Å²) in [4.78, 5) is 14.0. The lowest BCUT2D eigenvalue weighted by Gasteiger charge is -2.44. The Hall–Kier alpha value is -1.56. The maximum absolute atomic E-state index is 13.3. The molecule has 0 atom stereocenters. The third-order valence-corrected chi connectivity index (χ3v) is 5.01. The number of rotatable bonds is 1. The van der Waals surface area contributed by atoms with Gasteiger partial charge >= 0.3 is 0 Å². The van der Waals surface area contributed by atoms with Crippen LogP contribution in [0.25, 0.3) is 0 Å². The Morgan fingerprint density at radius 2 is 1.55 bits per heavy atom. The van der Waals surface area contributed by atoms with Crippen LogP contribution < -0.4 is 5.32 Å². The third-order valence-electron chi connectivity index (χ3n) is 5.01. The maximum atomic E-state index is 13.3. The van der Waals surface area contributed by atoms with Crippen LogP contribution in [0, 0.1) is 22.9 Å². The quantitative estimate of drug-likeness (QED) is 0.809. The van der Waals surface area contributed by atoms with Gasteiger partial charge in [0.1, 0.15) is 0 Å². The van der Waals surface area contributed by atoms with Gasteiger partial charge in [-0.3, -0.25) is 4.79 Å². The first-order valence-electron chi connectivity index (χ1n) is 7.65. The van der Waals surface area contributed by atoms with Crippen LogP contribution >= 0.6 is 0 Å². The number of hydrogen-bond donors (Lipinski definition) is 1. The topological polar surface area (TPSA) is 32.3 Å². The third kappa shape index (κ3) is 2.84. The highest BCUT2D eigenvalue weighted by Crippen LogP contribution is 2.39. The summed E-state index contributed by atoms with van der Waals surface area (Å²) in [5, 5.41) is 3.33. The highest BCUT2D eigenvalue weighted by Gasteiger charge is 2.37. The Kier molecular flexibility index (Phi) is 4.12. The molecule has 22 heavy (non-hydrogen) atoms. The van der Waals surface area contributed by atoms with Gasteiger partial charge in [-0.1, -0.05) is 0 Å². The van der Waals surface area contributed by atoms with Crippen LogP contribution in [0.1, 0.15) is 36.0 Å². The molecule has 3 rings (SSSR count). The van der Waals surface area contributed by atoms with Crippen LogP contribution in [0.5, 0.6) is 0 Å². The molecular weight excluding hydrogens is 293 g/mol. The Morgan fingerprint density at radius 3 is 2.09 bits per heavy atom. The normalized spacial score (nSPS) is 21.1.